The summed E-state index contributed by atoms with van der Waals surface area (Å²) >= 11 is 1.10. The minimum absolute atomic E-state index is 0.224. The topological polar surface area (TPSA) is 64.6 Å². The maximum Gasteiger partial charge on any atom is 0.338 e. The summed E-state index contributed by atoms with van der Waals surface area (Å²) in [6.07, 6.45) is 1.37. The second-order valence-corrected chi connectivity index (χ2v) is 7.23. The van der Waals surface area contributed by atoms with Crippen LogP contribution in [0.25, 0.3) is 10.9 Å². The molecule has 4 nitrogen and oxygen atoms in total. The third-order valence-electron chi connectivity index (χ3n) is 4.00. The van der Waals surface area contributed by atoms with Crippen molar-refractivity contribution in [3.8, 4) is 0 Å². The molecule has 0 aliphatic rings. The average Bonchev–Trinajstić information content (AvgIpc) is 2.87. The first-order valence-corrected chi connectivity index (χ1v) is 8.78. The van der Waals surface area contributed by atoms with E-state index in [1.807, 2.05) is 25.1 Å². The highest BCUT2D eigenvalue weighted by molar-refractivity contribution is 14.1. The summed E-state index contributed by atoms with van der Waals surface area (Å²) in [6, 6.07) is 9.05. The molecule has 2 heterocycles. The zero-order chi connectivity index (χ0) is 18.2. The molecule has 0 atom stereocenters. The van der Waals surface area contributed by atoms with Gasteiger partial charge in [-0.3, -0.25) is 4.98 Å². The Morgan fingerprint density at radius 3 is 2.80 bits per heavy atom. The summed E-state index contributed by atoms with van der Waals surface area (Å²) in [5.41, 5.74) is 4.29. The van der Waals surface area contributed by atoms with Gasteiger partial charge in [0.25, 0.3) is 0 Å². The number of aryl methyl sites for hydroxylation is 1. The van der Waals surface area contributed by atoms with Crippen LogP contribution in [0, 0.1) is 12.3 Å². The number of nitrogens with zero attached hydrogens (tertiary/aromatic N) is 1. The number of aromatic amines is 1. The van der Waals surface area contributed by atoms with Gasteiger partial charge in [0.2, 0.25) is 0 Å². The lowest BCUT2D eigenvalue weighted by molar-refractivity contribution is 0.121. The van der Waals surface area contributed by atoms with Crippen molar-refractivity contribution in [1.29, 1.82) is 5.41 Å². The summed E-state index contributed by atoms with van der Waals surface area (Å²) < 4.78 is 24.3. The standard InChI is InChI=1S/C18H17F2IN4/c1-10(22)16-11(2)25-15-6-5-13(8-14(15)16)24-9-12-4-3-7-23-17(12)18(19,20)21/h3-8,22,24-25H,9H2,1-2H3. The van der Waals surface area contributed by atoms with Crippen molar-refractivity contribution < 1.29 is 8.78 Å². The third kappa shape index (κ3) is 3.65. The SMILES string of the molecule is CC(=N)c1c(C)[nH]c2ccc(NCc3cccnc3C(F)(F)I)cc12. The monoisotopic (exact) mass is 454 g/mol. The van der Waals surface area contributed by atoms with Gasteiger partial charge in [-0.25, -0.2) is 0 Å². The number of hydrogen-bond donors (Lipinski definition) is 3. The number of aromatic nitrogens is 2. The number of fused-ring (bicyclic) bond motifs is 1. The van der Waals surface area contributed by atoms with Gasteiger partial charge in [-0.1, -0.05) is 6.07 Å². The van der Waals surface area contributed by atoms with Gasteiger partial charge in [-0.05, 0) is 43.7 Å². The highest BCUT2D eigenvalue weighted by Gasteiger charge is 2.31. The zero-order valence-electron chi connectivity index (χ0n) is 13.8. The second-order valence-electron chi connectivity index (χ2n) is 5.87. The fraction of sp³-hybridized carbons (Fsp3) is 0.222. The fourth-order valence-corrected chi connectivity index (χ4v) is 3.44. The molecule has 7 heteroatoms. The number of hydrogen-bond acceptors (Lipinski definition) is 3. The third-order valence-corrected chi connectivity index (χ3v) is 4.51. The molecule has 0 aliphatic heterocycles. The summed E-state index contributed by atoms with van der Waals surface area (Å²) in [7, 11) is 0. The Hall–Kier alpha value is -2.03. The molecule has 3 rings (SSSR count). The molecule has 1 aromatic carbocycles. The molecule has 0 unspecified atom stereocenters. The first-order chi connectivity index (χ1) is 11.8. The number of halogens is 3. The fourth-order valence-electron chi connectivity index (χ4n) is 2.95. The number of nitrogens with one attached hydrogen (secondary N) is 3. The molecule has 0 saturated carbocycles. The van der Waals surface area contributed by atoms with Gasteiger partial charge in [0.05, 0.1) is 0 Å². The molecule has 0 aliphatic carbocycles. The molecular formula is C18H17F2IN4. The smallest absolute Gasteiger partial charge is 0.338 e. The lowest BCUT2D eigenvalue weighted by Gasteiger charge is -2.14. The lowest BCUT2D eigenvalue weighted by atomic mass is 10.1. The Kier molecular flexibility index (Phi) is 4.77. The number of benzene rings is 1. The quantitative estimate of drug-likeness (QED) is 0.276. The van der Waals surface area contributed by atoms with Crippen molar-refractivity contribution in [2.75, 3.05) is 5.32 Å². The summed E-state index contributed by atoms with van der Waals surface area (Å²) in [6.45, 7) is 3.93. The van der Waals surface area contributed by atoms with Gasteiger partial charge in [0, 0.05) is 68.9 Å². The molecule has 25 heavy (non-hydrogen) atoms. The van der Waals surface area contributed by atoms with Gasteiger partial charge in [-0.15, -0.1) is 0 Å². The molecular weight excluding hydrogens is 437 g/mol. The van der Waals surface area contributed by atoms with Crippen LogP contribution in [-0.4, -0.2) is 15.7 Å². The van der Waals surface area contributed by atoms with E-state index in [-0.39, 0.29) is 12.2 Å². The van der Waals surface area contributed by atoms with E-state index in [9.17, 15) is 8.78 Å². The van der Waals surface area contributed by atoms with Crippen LogP contribution >= 0.6 is 22.6 Å². The number of rotatable bonds is 5. The van der Waals surface area contributed by atoms with Crippen molar-refractivity contribution >= 4 is 44.9 Å². The Bertz CT molecular complexity index is 944. The normalized spacial score (nSPS) is 11.7. The molecule has 0 saturated heterocycles. The maximum absolute atomic E-state index is 13.7. The lowest BCUT2D eigenvalue weighted by Crippen LogP contribution is -2.12. The predicted octanol–water partition coefficient (Wildman–Crippen LogP) is 5.36. The zero-order valence-corrected chi connectivity index (χ0v) is 15.9. The molecule has 130 valence electrons. The molecule has 0 fully saturated rings. The van der Waals surface area contributed by atoms with Gasteiger partial charge in [0.15, 0.2) is 0 Å². The Morgan fingerprint density at radius 1 is 1.36 bits per heavy atom. The minimum Gasteiger partial charge on any atom is -0.381 e. The van der Waals surface area contributed by atoms with Gasteiger partial charge >= 0.3 is 3.93 Å². The first-order valence-electron chi connectivity index (χ1n) is 7.70. The highest BCUT2D eigenvalue weighted by atomic mass is 127. The molecule has 0 amide bonds. The van der Waals surface area contributed by atoms with Crippen LogP contribution < -0.4 is 5.32 Å². The molecule has 3 N–H and O–H groups in total. The van der Waals surface area contributed by atoms with E-state index in [1.54, 1.807) is 19.1 Å². The molecule has 0 spiro atoms. The van der Waals surface area contributed by atoms with E-state index in [2.05, 4.69) is 15.3 Å². The predicted molar refractivity (Wildman–Crippen MR) is 105 cm³/mol. The van der Waals surface area contributed by atoms with E-state index in [0.29, 0.717) is 11.3 Å². The van der Waals surface area contributed by atoms with Crippen LogP contribution in [0.4, 0.5) is 14.5 Å². The Labute approximate surface area is 157 Å². The summed E-state index contributed by atoms with van der Waals surface area (Å²) in [5.74, 6) is 0. The Morgan fingerprint density at radius 2 is 2.12 bits per heavy atom. The number of alkyl halides is 3. The van der Waals surface area contributed by atoms with E-state index in [0.717, 1.165) is 50.4 Å². The van der Waals surface area contributed by atoms with Crippen molar-refractivity contribution in [3.05, 3.63) is 59.0 Å². The van der Waals surface area contributed by atoms with Crippen LogP contribution in [-0.2, 0) is 10.5 Å². The molecule has 0 radical (unpaired) electrons. The van der Waals surface area contributed by atoms with Crippen LogP contribution in [0.2, 0.25) is 0 Å². The van der Waals surface area contributed by atoms with Crippen LogP contribution in [0.1, 0.15) is 29.4 Å². The van der Waals surface area contributed by atoms with Gasteiger partial charge < -0.3 is 15.7 Å². The minimum atomic E-state index is -3.01. The number of H-pyrrole nitrogens is 1. The van der Waals surface area contributed by atoms with Crippen molar-refractivity contribution in [2.24, 2.45) is 0 Å². The van der Waals surface area contributed by atoms with Crippen LogP contribution in [0.15, 0.2) is 36.5 Å². The van der Waals surface area contributed by atoms with Gasteiger partial charge in [0.1, 0.15) is 5.69 Å². The number of pyridine rings is 1. The Balaban J connectivity index is 1.90. The van der Waals surface area contributed by atoms with Crippen molar-refractivity contribution in [1.82, 2.24) is 9.97 Å². The summed E-state index contributed by atoms with van der Waals surface area (Å²) in [5, 5.41) is 12.1. The summed E-state index contributed by atoms with van der Waals surface area (Å²) in [4.78, 5) is 7.08. The number of anilines is 1. The first kappa shape index (κ1) is 17.8. The van der Waals surface area contributed by atoms with Crippen molar-refractivity contribution in [3.63, 3.8) is 0 Å². The largest absolute Gasteiger partial charge is 0.381 e. The highest BCUT2D eigenvalue weighted by Crippen LogP contribution is 2.36. The van der Waals surface area contributed by atoms with Crippen LogP contribution in [0.3, 0.4) is 0 Å². The average molecular weight is 454 g/mol. The van der Waals surface area contributed by atoms with Crippen LogP contribution in [0.5, 0.6) is 0 Å². The maximum atomic E-state index is 13.7. The van der Waals surface area contributed by atoms with Gasteiger partial charge in [-0.2, -0.15) is 8.78 Å². The van der Waals surface area contributed by atoms with E-state index in [1.165, 1.54) is 6.20 Å². The van der Waals surface area contributed by atoms with E-state index in [4.69, 9.17) is 5.41 Å². The molecule has 0 bridgehead atoms. The molecule has 3 aromatic rings. The van der Waals surface area contributed by atoms with E-state index >= 15 is 0 Å². The molecule has 2 aromatic heterocycles. The van der Waals surface area contributed by atoms with Crippen molar-refractivity contribution in [2.45, 2.75) is 24.3 Å². The second kappa shape index (κ2) is 6.70. The van der Waals surface area contributed by atoms with E-state index < -0.39 is 3.93 Å².